The highest BCUT2D eigenvalue weighted by Crippen LogP contribution is 2.47. The van der Waals surface area contributed by atoms with Crippen molar-refractivity contribution in [3.05, 3.63) is 102 Å². The Bertz CT molecular complexity index is 1350. The first-order valence-electron chi connectivity index (χ1n) is 13.2. The number of nitrogens with zero attached hydrogens (tertiary/aromatic N) is 1. The maximum absolute atomic E-state index is 6.92. The molecule has 1 saturated heterocycles. The van der Waals surface area contributed by atoms with E-state index in [2.05, 4.69) is 111 Å². The minimum absolute atomic E-state index is 0.168. The van der Waals surface area contributed by atoms with Crippen LogP contribution < -0.4 is 5.06 Å². The zero-order valence-corrected chi connectivity index (χ0v) is 21.1. The Labute approximate surface area is 209 Å². The summed E-state index contributed by atoms with van der Waals surface area (Å²) in [5.74, 6) is 1.20. The predicted molar refractivity (Wildman–Crippen MR) is 148 cm³/mol. The van der Waals surface area contributed by atoms with Gasteiger partial charge >= 0.3 is 0 Å². The number of anilines is 1. The highest BCUT2D eigenvalue weighted by Gasteiger charge is 2.41. The molecule has 0 amide bonds. The lowest BCUT2D eigenvalue weighted by atomic mass is 9.77. The fraction of sp³-hybridized carbons (Fsp3) is 0.333. The van der Waals surface area contributed by atoms with Gasteiger partial charge in [-0.05, 0) is 95.8 Å². The average molecular weight is 462 g/mol. The third-order valence-corrected chi connectivity index (χ3v) is 8.40. The van der Waals surface area contributed by atoms with Crippen LogP contribution in [-0.2, 0) is 4.84 Å². The number of hydrogen-bond acceptors (Lipinski definition) is 2. The first kappa shape index (κ1) is 22.4. The van der Waals surface area contributed by atoms with E-state index in [0.717, 1.165) is 12.1 Å². The van der Waals surface area contributed by atoms with Crippen LogP contribution in [0.4, 0.5) is 5.69 Å². The minimum atomic E-state index is 0.168. The van der Waals surface area contributed by atoms with Gasteiger partial charge in [0.15, 0.2) is 0 Å². The van der Waals surface area contributed by atoms with Gasteiger partial charge in [-0.25, -0.2) is 5.06 Å². The summed E-state index contributed by atoms with van der Waals surface area (Å²) in [6.07, 6.45) is 7.34. The fourth-order valence-electron chi connectivity index (χ4n) is 6.30. The SMILES string of the molecule is CC1=CCC(C(C)C2CC(c3c4ccccc4cc4ccccc34)N(c3cccc(C)c3)O2)CC1. The van der Waals surface area contributed by atoms with Crippen LogP contribution in [0, 0.1) is 18.8 Å². The third-order valence-electron chi connectivity index (χ3n) is 8.40. The first-order chi connectivity index (χ1) is 17.1. The lowest BCUT2D eigenvalue weighted by Gasteiger charge is -2.30. The lowest BCUT2D eigenvalue weighted by molar-refractivity contribution is 0.0254. The second-order valence-electron chi connectivity index (χ2n) is 10.7. The van der Waals surface area contributed by atoms with Crippen LogP contribution in [0.1, 0.15) is 56.7 Å². The van der Waals surface area contributed by atoms with Gasteiger partial charge in [0.2, 0.25) is 0 Å². The van der Waals surface area contributed by atoms with Gasteiger partial charge in [-0.3, -0.25) is 4.84 Å². The average Bonchev–Trinajstić information content (AvgIpc) is 3.32. The summed E-state index contributed by atoms with van der Waals surface area (Å²) in [7, 11) is 0. The van der Waals surface area contributed by atoms with Crippen molar-refractivity contribution >= 4 is 27.2 Å². The molecule has 0 spiro atoms. The largest absolute Gasteiger partial charge is 0.269 e. The summed E-state index contributed by atoms with van der Waals surface area (Å²) in [5, 5.41) is 7.51. The Balaban J connectivity index is 1.48. The third kappa shape index (κ3) is 4.15. The number of allylic oxidation sites excluding steroid dienone is 2. The Morgan fingerprint density at radius 3 is 2.23 bits per heavy atom. The molecule has 1 aliphatic carbocycles. The molecule has 0 aromatic heterocycles. The van der Waals surface area contributed by atoms with Crippen LogP contribution in [0.3, 0.4) is 0 Å². The van der Waals surface area contributed by atoms with Crippen molar-refractivity contribution in [1.29, 1.82) is 0 Å². The molecule has 4 unspecified atom stereocenters. The molecule has 178 valence electrons. The van der Waals surface area contributed by atoms with Crippen LogP contribution in [0.5, 0.6) is 0 Å². The van der Waals surface area contributed by atoms with Crippen molar-refractivity contribution in [2.24, 2.45) is 11.8 Å². The van der Waals surface area contributed by atoms with E-state index in [9.17, 15) is 0 Å². The Hall–Kier alpha value is -3.10. The Morgan fingerprint density at radius 2 is 1.57 bits per heavy atom. The van der Waals surface area contributed by atoms with Gasteiger partial charge in [-0.2, -0.15) is 0 Å². The number of rotatable bonds is 4. The van der Waals surface area contributed by atoms with Crippen molar-refractivity contribution in [2.75, 3.05) is 5.06 Å². The predicted octanol–water partition coefficient (Wildman–Crippen LogP) is 8.94. The summed E-state index contributed by atoms with van der Waals surface area (Å²) in [4.78, 5) is 6.92. The number of hydroxylamine groups is 1. The van der Waals surface area contributed by atoms with E-state index < -0.39 is 0 Å². The molecule has 0 bridgehead atoms. The van der Waals surface area contributed by atoms with Crippen molar-refractivity contribution in [1.82, 2.24) is 0 Å². The molecule has 2 nitrogen and oxygen atoms in total. The van der Waals surface area contributed by atoms with E-state index in [1.165, 1.54) is 51.9 Å². The molecule has 0 N–H and O–H groups in total. The van der Waals surface area contributed by atoms with Crippen LogP contribution in [0.2, 0.25) is 0 Å². The second kappa shape index (κ2) is 9.17. The molecule has 2 heteroatoms. The van der Waals surface area contributed by atoms with Gasteiger partial charge in [0, 0.05) is 6.42 Å². The van der Waals surface area contributed by atoms with Crippen molar-refractivity contribution < 1.29 is 4.84 Å². The normalized spacial score (nSPS) is 23.6. The molecule has 1 heterocycles. The number of fused-ring (bicyclic) bond motifs is 2. The van der Waals surface area contributed by atoms with Gasteiger partial charge in [0.1, 0.15) is 0 Å². The van der Waals surface area contributed by atoms with Gasteiger partial charge in [0.25, 0.3) is 0 Å². The van der Waals surface area contributed by atoms with Gasteiger partial charge in [-0.1, -0.05) is 79.2 Å². The molecular formula is C33H35NO. The number of aryl methyl sites for hydroxylation is 1. The zero-order chi connectivity index (χ0) is 23.9. The van der Waals surface area contributed by atoms with Crippen LogP contribution in [0.25, 0.3) is 21.5 Å². The Morgan fingerprint density at radius 1 is 0.857 bits per heavy atom. The molecule has 0 saturated carbocycles. The van der Waals surface area contributed by atoms with Gasteiger partial charge in [-0.15, -0.1) is 0 Å². The molecule has 4 aromatic carbocycles. The van der Waals surface area contributed by atoms with Crippen molar-refractivity contribution in [3.8, 4) is 0 Å². The lowest BCUT2D eigenvalue weighted by Crippen LogP contribution is -2.28. The molecule has 0 radical (unpaired) electrons. The minimum Gasteiger partial charge on any atom is -0.269 e. The van der Waals surface area contributed by atoms with Gasteiger partial charge < -0.3 is 0 Å². The zero-order valence-electron chi connectivity index (χ0n) is 21.1. The smallest absolute Gasteiger partial charge is 0.0908 e. The van der Waals surface area contributed by atoms with Crippen LogP contribution >= 0.6 is 0 Å². The first-order valence-corrected chi connectivity index (χ1v) is 13.2. The summed E-state index contributed by atoms with van der Waals surface area (Å²) in [6, 6.07) is 29.0. The summed E-state index contributed by atoms with van der Waals surface area (Å²) < 4.78 is 0. The number of hydrogen-bond donors (Lipinski definition) is 0. The van der Waals surface area contributed by atoms with E-state index in [0.29, 0.717) is 11.8 Å². The van der Waals surface area contributed by atoms with E-state index in [4.69, 9.17) is 4.84 Å². The number of benzene rings is 4. The molecular weight excluding hydrogens is 426 g/mol. The molecule has 2 aliphatic rings. The highest BCUT2D eigenvalue weighted by molar-refractivity contribution is 6.03. The second-order valence-corrected chi connectivity index (χ2v) is 10.7. The monoisotopic (exact) mass is 461 g/mol. The standard InChI is InChI=1S/C33H35NO/c1-22-15-17-25(18-16-22)24(3)32-21-31(34(35-32)28-12-8-9-23(2)19-28)33-29-13-6-4-10-26(29)20-27-11-5-7-14-30(27)33/h4-15,19-20,24-25,31-32H,16-18,21H2,1-3H3. The topological polar surface area (TPSA) is 12.5 Å². The van der Waals surface area contributed by atoms with E-state index in [1.54, 1.807) is 5.57 Å². The van der Waals surface area contributed by atoms with Gasteiger partial charge in [0.05, 0.1) is 17.8 Å². The summed E-state index contributed by atoms with van der Waals surface area (Å²) in [6.45, 7) is 6.86. The van der Waals surface area contributed by atoms with Crippen molar-refractivity contribution in [2.45, 2.75) is 58.6 Å². The molecule has 35 heavy (non-hydrogen) atoms. The maximum Gasteiger partial charge on any atom is 0.0908 e. The highest BCUT2D eigenvalue weighted by atomic mass is 16.7. The maximum atomic E-state index is 6.92. The molecule has 1 fully saturated rings. The summed E-state index contributed by atoms with van der Waals surface area (Å²) >= 11 is 0. The van der Waals surface area contributed by atoms with Crippen LogP contribution in [0.15, 0.2) is 90.5 Å². The molecule has 4 aromatic rings. The fourth-order valence-corrected chi connectivity index (χ4v) is 6.30. The molecule has 6 rings (SSSR count). The van der Waals surface area contributed by atoms with E-state index in [1.807, 2.05) is 0 Å². The Kier molecular flexibility index (Phi) is 5.86. The van der Waals surface area contributed by atoms with Crippen LogP contribution in [-0.4, -0.2) is 6.10 Å². The molecule has 4 atom stereocenters. The summed E-state index contributed by atoms with van der Waals surface area (Å²) in [5.41, 5.74) is 5.36. The van der Waals surface area contributed by atoms with Crippen molar-refractivity contribution in [3.63, 3.8) is 0 Å². The molecule has 1 aliphatic heterocycles. The van der Waals surface area contributed by atoms with E-state index >= 15 is 0 Å². The quantitative estimate of drug-likeness (QED) is 0.222. The van der Waals surface area contributed by atoms with E-state index in [-0.39, 0.29) is 12.1 Å².